The molecule has 1 aromatic heterocycles. The molecule has 0 unspecified atom stereocenters. The number of H-pyrrole nitrogens is 1. The van der Waals surface area contributed by atoms with E-state index in [1.807, 2.05) is 30.3 Å². The van der Waals surface area contributed by atoms with Crippen LogP contribution >= 0.6 is 0 Å². The van der Waals surface area contributed by atoms with Crippen LogP contribution in [0.5, 0.6) is 11.5 Å². The fourth-order valence-electron chi connectivity index (χ4n) is 3.49. The fourth-order valence-corrected chi connectivity index (χ4v) is 3.49. The van der Waals surface area contributed by atoms with E-state index in [1.165, 1.54) is 24.4 Å². The van der Waals surface area contributed by atoms with Gasteiger partial charge in [0.1, 0.15) is 22.7 Å². The number of aryl methyl sites for hydroxylation is 1. The van der Waals surface area contributed by atoms with Crippen LogP contribution in [0.4, 0.5) is 5.69 Å². The van der Waals surface area contributed by atoms with Crippen molar-refractivity contribution in [2.75, 3.05) is 0 Å². The molecule has 4 aromatic rings. The quantitative estimate of drug-likeness (QED) is 0.213. The van der Waals surface area contributed by atoms with Gasteiger partial charge in [0, 0.05) is 28.6 Å². The van der Waals surface area contributed by atoms with Gasteiger partial charge < -0.3 is 15.2 Å². The first kappa shape index (κ1) is 20.6. The number of phenolic OH excluding ortho intramolecular Hbond substituents is 2. The van der Waals surface area contributed by atoms with E-state index in [0.717, 1.165) is 6.07 Å². The second-order valence-electron chi connectivity index (χ2n) is 7.15. The Morgan fingerprint density at radius 1 is 1.12 bits per heavy atom. The highest BCUT2D eigenvalue weighted by Gasteiger charge is 2.24. The number of rotatable bonds is 5. The molecule has 9 nitrogen and oxygen atoms in total. The van der Waals surface area contributed by atoms with Crippen molar-refractivity contribution in [1.82, 2.24) is 10.4 Å². The lowest BCUT2D eigenvalue weighted by Crippen LogP contribution is -2.18. The van der Waals surface area contributed by atoms with E-state index >= 15 is 0 Å². The number of hydrazone groups is 1. The molecule has 1 heterocycles. The molecule has 0 fully saturated rings. The van der Waals surface area contributed by atoms with Gasteiger partial charge in [0.2, 0.25) is 0 Å². The van der Waals surface area contributed by atoms with Crippen molar-refractivity contribution in [2.24, 2.45) is 5.10 Å². The SMILES string of the molecule is Cc1cc([N+](=O)[O-])c2[nH]c(C(=O)N/N=C/c3ccc(O)cc3O)c(-c3ccccc3)c2c1. The number of fused-ring (bicyclic) bond motifs is 1. The Morgan fingerprint density at radius 3 is 2.56 bits per heavy atom. The van der Waals surface area contributed by atoms with Crippen LogP contribution < -0.4 is 5.43 Å². The highest BCUT2D eigenvalue weighted by Crippen LogP contribution is 2.37. The third-order valence-corrected chi connectivity index (χ3v) is 4.90. The van der Waals surface area contributed by atoms with Crippen LogP contribution in [0, 0.1) is 17.0 Å². The van der Waals surface area contributed by atoms with Crippen LogP contribution in [-0.4, -0.2) is 32.2 Å². The minimum atomic E-state index is -0.610. The Kier molecular flexibility index (Phi) is 5.30. The first-order valence-electron chi connectivity index (χ1n) is 9.56. The molecule has 0 aliphatic carbocycles. The van der Waals surface area contributed by atoms with Crippen molar-refractivity contribution in [3.05, 3.63) is 87.6 Å². The van der Waals surface area contributed by atoms with Gasteiger partial charge in [-0.25, -0.2) is 5.43 Å². The molecule has 0 radical (unpaired) electrons. The van der Waals surface area contributed by atoms with Crippen molar-refractivity contribution in [1.29, 1.82) is 0 Å². The molecular formula is C23H18N4O5. The second kappa shape index (κ2) is 8.23. The van der Waals surface area contributed by atoms with E-state index in [4.69, 9.17) is 0 Å². The number of nitrogens with one attached hydrogen (secondary N) is 2. The van der Waals surface area contributed by atoms with Gasteiger partial charge >= 0.3 is 0 Å². The number of non-ortho nitro benzene ring substituents is 1. The van der Waals surface area contributed by atoms with Gasteiger partial charge in [-0.2, -0.15) is 5.10 Å². The minimum absolute atomic E-state index is 0.105. The number of benzene rings is 3. The van der Waals surface area contributed by atoms with Crippen molar-refractivity contribution in [3.63, 3.8) is 0 Å². The van der Waals surface area contributed by atoms with Gasteiger partial charge in [0.25, 0.3) is 11.6 Å². The number of nitro groups is 1. The number of nitrogens with zero attached hydrogens (tertiary/aromatic N) is 2. The Morgan fingerprint density at radius 2 is 1.88 bits per heavy atom. The summed E-state index contributed by atoms with van der Waals surface area (Å²) in [6.07, 6.45) is 1.23. The molecule has 0 atom stereocenters. The molecule has 1 amide bonds. The third kappa shape index (κ3) is 3.86. The Hall–Kier alpha value is -4.66. The van der Waals surface area contributed by atoms with Gasteiger partial charge in [-0.3, -0.25) is 14.9 Å². The topological polar surface area (TPSA) is 141 Å². The zero-order valence-electron chi connectivity index (χ0n) is 16.9. The van der Waals surface area contributed by atoms with E-state index in [2.05, 4.69) is 15.5 Å². The minimum Gasteiger partial charge on any atom is -0.508 e. The molecule has 4 rings (SSSR count). The first-order chi connectivity index (χ1) is 15.3. The number of amides is 1. The summed E-state index contributed by atoms with van der Waals surface area (Å²) in [5.41, 5.74) is 4.81. The van der Waals surface area contributed by atoms with E-state index in [-0.39, 0.29) is 34.0 Å². The zero-order chi connectivity index (χ0) is 22.8. The molecular weight excluding hydrogens is 412 g/mol. The van der Waals surface area contributed by atoms with Gasteiger partial charge in [0.05, 0.1) is 11.1 Å². The molecule has 0 aliphatic heterocycles. The number of aromatic amines is 1. The summed E-state index contributed by atoms with van der Waals surface area (Å²) >= 11 is 0. The maximum absolute atomic E-state index is 13.0. The van der Waals surface area contributed by atoms with Gasteiger partial charge in [-0.1, -0.05) is 30.3 Å². The fraction of sp³-hybridized carbons (Fsp3) is 0.0435. The van der Waals surface area contributed by atoms with Gasteiger partial charge in [-0.05, 0) is 36.2 Å². The monoisotopic (exact) mass is 430 g/mol. The van der Waals surface area contributed by atoms with Crippen LogP contribution in [0.3, 0.4) is 0 Å². The number of aromatic nitrogens is 1. The third-order valence-electron chi connectivity index (χ3n) is 4.90. The van der Waals surface area contributed by atoms with Crippen LogP contribution in [0.15, 0.2) is 65.8 Å². The molecule has 0 saturated heterocycles. The predicted molar refractivity (Wildman–Crippen MR) is 120 cm³/mol. The van der Waals surface area contributed by atoms with Crippen molar-refractivity contribution in [3.8, 4) is 22.6 Å². The largest absolute Gasteiger partial charge is 0.508 e. The number of aromatic hydroxyl groups is 2. The van der Waals surface area contributed by atoms with Crippen LogP contribution in [0.1, 0.15) is 21.6 Å². The molecule has 0 spiro atoms. The Balaban J connectivity index is 1.79. The normalized spacial score (nSPS) is 11.2. The number of hydrogen-bond donors (Lipinski definition) is 4. The molecule has 4 N–H and O–H groups in total. The van der Waals surface area contributed by atoms with E-state index in [0.29, 0.717) is 22.1 Å². The van der Waals surface area contributed by atoms with E-state index in [1.54, 1.807) is 13.0 Å². The van der Waals surface area contributed by atoms with Crippen molar-refractivity contribution < 1.29 is 19.9 Å². The smallest absolute Gasteiger partial charge is 0.293 e. The van der Waals surface area contributed by atoms with E-state index < -0.39 is 10.8 Å². The van der Waals surface area contributed by atoms with Crippen LogP contribution in [-0.2, 0) is 0 Å². The maximum atomic E-state index is 13.0. The average Bonchev–Trinajstić information content (AvgIpc) is 3.14. The Bertz CT molecular complexity index is 1380. The number of carbonyl (C=O) groups is 1. The van der Waals surface area contributed by atoms with Crippen molar-refractivity contribution >= 4 is 28.7 Å². The van der Waals surface area contributed by atoms with Crippen LogP contribution in [0.2, 0.25) is 0 Å². The molecule has 32 heavy (non-hydrogen) atoms. The number of phenols is 2. The molecule has 0 aliphatic rings. The highest BCUT2D eigenvalue weighted by molar-refractivity contribution is 6.11. The highest BCUT2D eigenvalue weighted by atomic mass is 16.6. The van der Waals surface area contributed by atoms with Crippen LogP contribution in [0.25, 0.3) is 22.0 Å². The maximum Gasteiger partial charge on any atom is 0.293 e. The number of carbonyl (C=O) groups excluding carboxylic acids is 1. The molecule has 3 aromatic carbocycles. The molecule has 0 saturated carbocycles. The number of nitro benzene ring substituents is 1. The molecule has 9 heteroatoms. The molecule has 160 valence electrons. The lowest BCUT2D eigenvalue weighted by Gasteiger charge is -2.05. The van der Waals surface area contributed by atoms with Gasteiger partial charge in [0.15, 0.2) is 0 Å². The summed E-state index contributed by atoms with van der Waals surface area (Å²) in [5.74, 6) is -0.919. The summed E-state index contributed by atoms with van der Waals surface area (Å²) in [4.78, 5) is 27.0. The standard InChI is InChI=1S/C23H18N4O5/c1-13-9-17-20(14-5-3-2-4-6-14)22(25-21(17)18(10-13)27(31)32)23(30)26-24-12-15-7-8-16(28)11-19(15)29/h2-12,25,28-29H,1H3,(H,26,30)/b24-12+. The summed E-state index contributed by atoms with van der Waals surface area (Å²) in [7, 11) is 0. The molecule has 0 bridgehead atoms. The Labute approximate surface area is 181 Å². The predicted octanol–water partition coefficient (Wildman–Crippen LogP) is 4.23. The summed E-state index contributed by atoms with van der Waals surface area (Å²) in [6.45, 7) is 1.75. The van der Waals surface area contributed by atoms with E-state index in [9.17, 15) is 25.1 Å². The number of hydrogen-bond acceptors (Lipinski definition) is 6. The second-order valence-corrected chi connectivity index (χ2v) is 7.15. The zero-order valence-corrected chi connectivity index (χ0v) is 16.9. The van der Waals surface area contributed by atoms with Crippen molar-refractivity contribution in [2.45, 2.75) is 6.92 Å². The summed E-state index contributed by atoms with van der Waals surface area (Å²) in [6, 6.07) is 16.3. The first-order valence-corrected chi connectivity index (χ1v) is 9.56. The summed E-state index contributed by atoms with van der Waals surface area (Å²) < 4.78 is 0. The average molecular weight is 430 g/mol. The summed E-state index contributed by atoms with van der Waals surface area (Å²) in [5, 5.41) is 35.2. The lowest BCUT2D eigenvalue weighted by molar-refractivity contribution is -0.383. The van der Waals surface area contributed by atoms with Gasteiger partial charge in [-0.15, -0.1) is 0 Å². The lowest BCUT2D eigenvalue weighted by atomic mass is 10.00.